The summed E-state index contributed by atoms with van der Waals surface area (Å²) < 4.78 is 6.84. The summed E-state index contributed by atoms with van der Waals surface area (Å²) in [6, 6.07) is 13.2. The normalized spacial score (nSPS) is 14.3. The fourth-order valence-corrected chi connectivity index (χ4v) is 3.29. The van der Waals surface area contributed by atoms with Gasteiger partial charge in [-0.2, -0.15) is 5.10 Å². The van der Waals surface area contributed by atoms with Crippen LogP contribution in [0.25, 0.3) is 0 Å². The smallest absolute Gasteiger partial charge is 0.289 e. The van der Waals surface area contributed by atoms with Crippen LogP contribution in [0.5, 0.6) is 0 Å². The van der Waals surface area contributed by atoms with Crippen molar-refractivity contribution in [3.63, 3.8) is 0 Å². The summed E-state index contributed by atoms with van der Waals surface area (Å²) in [7, 11) is 0. The van der Waals surface area contributed by atoms with Crippen LogP contribution in [0.2, 0.25) is 0 Å². The van der Waals surface area contributed by atoms with Gasteiger partial charge < -0.3 is 20.0 Å². The van der Waals surface area contributed by atoms with Gasteiger partial charge in [-0.05, 0) is 17.7 Å². The number of hydrogen-bond acceptors (Lipinski definition) is 5. The third-order valence-electron chi connectivity index (χ3n) is 4.79. The van der Waals surface area contributed by atoms with E-state index in [4.69, 9.17) is 10.2 Å². The molecule has 3 aromatic rings. The van der Waals surface area contributed by atoms with Gasteiger partial charge in [0.1, 0.15) is 5.56 Å². The van der Waals surface area contributed by atoms with Crippen LogP contribution < -0.4 is 5.73 Å². The fourth-order valence-electron chi connectivity index (χ4n) is 3.29. The van der Waals surface area contributed by atoms with E-state index in [-0.39, 0.29) is 17.6 Å². The summed E-state index contributed by atoms with van der Waals surface area (Å²) in [5.74, 6) is 0.204. The minimum Gasteiger partial charge on any atom is -0.459 e. The number of hydrogen-bond donors (Lipinski definition) is 1. The molecule has 0 unspecified atom stereocenters. The zero-order valence-electron chi connectivity index (χ0n) is 15.3. The Morgan fingerprint density at radius 2 is 1.64 bits per heavy atom. The van der Waals surface area contributed by atoms with Crippen LogP contribution in [0, 0.1) is 0 Å². The highest BCUT2D eigenvalue weighted by molar-refractivity contribution is 5.98. The molecule has 144 valence electrons. The Morgan fingerprint density at radius 3 is 2.29 bits per heavy atom. The van der Waals surface area contributed by atoms with Crippen molar-refractivity contribution < 1.29 is 14.0 Å². The number of nitrogens with zero attached hydrogens (tertiary/aromatic N) is 4. The number of amides is 2. The highest BCUT2D eigenvalue weighted by Gasteiger charge is 2.28. The molecule has 1 fully saturated rings. The van der Waals surface area contributed by atoms with E-state index in [0.29, 0.717) is 44.0 Å². The number of carbonyl (C=O) groups is 2. The van der Waals surface area contributed by atoms with Crippen molar-refractivity contribution in [3.8, 4) is 0 Å². The van der Waals surface area contributed by atoms with E-state index in [1.165, 1.54) is 6.26 Å². The first kappa shape index (κ1) is 17.8. The van der Waals surface area contributed by atoms with Gasteiger partial charge in [0.2, 0.25) is 0 Å². The fraction of sp³-hybridized carbons (Fsp3) is 0.250. The van der Waals surface area contributed by atoms with Gasteiger partial charge in [0.25, 0.3) is 11.8 Å². The highest BCUT2D eigenvalue weighted by atomic mass is 16.3. The van der Waals surface area contributed by atoms with Crippen molar-refractivity contribution in [3.05, 3.63) is 71.8 Å². The first-order valence-corrected chi connectivity index (χ1v) is 9.11. The standard InChI is InChI=1S/C20H21N5O3/c21-18-16(14-25(22-18)13-15-5-2-1-3-6-15)19(26)23-8-10-24(11-9-23)20(27)17-7-4-12-28-17/h1-7,12,14H,8-11,13H2,(H2,21,22). The second-order valence-electron chi connectivity index (χ2n) is 6.67. The van der Waals surface area contributed by atoms with Crippen molar-refractivity contribution in [2.24, 2.45) is 0 Å². The van der Waals surface area contributed by atoms with Gasteiger partial charge in [-0.25, -0.2) is 0 Å². The third-order valence-corrected chi connectivity index (χ3v) is 4.79. The molecule has 2 aromatic heterocycles. The van der Waals surface area contributed by atoms with Crippen LogP contribution >= 0.6 is 0 Å². The molecule has 0 radical (unpaired) electrons. The second-order valence-corrected chi connectivity index (χ2v) is 6.67. The predicted octanol–water partition coefficient (Wildman–Crippen LogP) is 1.70. The SMILES string of the molecule is Nc1nn(Cc2ccccc2)cc1C(=O)N1CCN(C(=O)c2ccco2)CC1. The molecule has 0 atom stereocenters. The lowest BCUT2D eigenvalue weighted by Crippen LogP contribution is -2.50. The molecule has 28 heavy (non-hydrogen) atoms. The molecule has 1 saturated heterocycles. The molecule has 0 bridgehead atoms. The maximum atomic E-state index is 12.9. The second kappa shape index (κ2) is 7.59. The van der Waals surface area contributed by atoms with Crippen molar-refractivity contribution in [2.45, 2.75) is 6.54 Å². The quantitative estimate of drug-likeness (QED) is 0.744. The Hall–Kier alpha value is -3.55. The number of carbonyl (C=O) groups excluding carboxylic acids is 2. The Kier molecular flexibility index (Phi) is 4.84. The summed E-state index contributed by atoms with van der Waals surface area (Å²) >= 11 is 0. The molecule has 8 heteroatoms. The molecule has 2 N–H and O–H groups in total. The largest absolute Gasteiger partial charge is 0.459 e. The molecule has 8 nitrogen and oxygen atoms in total. The van der Waals surface area contributed by atoms with E-state index in [1.807, 2.05) is 30.3 Å². The Labute approximate surface area is 162 Å². The van der Waals surface area contributed by atoms with Crippen LogP contribution in [0.4, 0.5) is 5.82 Å². The maximum Gasteiger partial charge on any atom is 0.289 e. The average molecular weight is 379 g/mol. The number of piperazine rings is 1. The maximum absolute atomic E-state index is 12.9. The summed E-state index contributed by atoms with van der Waals surface area (Å²) in [6.07, 6.45) is 3.16. The van der Waals surface area contributed by atoms with E-state index in [2.05, 4.69) is 5.10 Å². The van der Waals surface area contributed by atoms with Crippen molar-refractivity contribution in [1.29, 1.82) is 0 Å². The molecule has 3 heterocycles. The van der Waals surface area contributed by atoms with Crippen LogP contribution in [-0.2, 0) is 6.54 Å². The molecule has 0 saturated carbocycles. The molecular formula is C20H21N5O3. The van der Waals surface area contributed by atoms with E-state index in [9.17, 15) is 9.59 Å². The average Bonchev–Trinajstić information content (AvgIpc) is 3.38. The lowest BCUT2D eigenvalue weighted by Gasteiger charge is -2.34. The molecule has 1 aliphatic heterocycles. The molecule has 2 amide bonds. The monoisotopic (exact) mass is 379 g/mol. The molecular weight excluding hydrogens is 358 g/mol. The van der Waals surface area contributed by atoms with Crippen LogP contribution in [0.15, 0.2) is 59.3 Å². The third kappa shape index (κ3) is 3.62. The number of furan rings is 1. The number of rotatable bonds is 4. The highest BCUT2D eigenvalue weighted by Crippen LogP contribution is 2.16. The van der Waals surface area contributed by atoms with Crippen molar-refractivity contribution >= 4 is 17.6 Å². The Bertz CT molecular complexity index is 957. The zero-order valence-corrected chi connectivity index (χ0v) is 15.3. The minimum absolute atomic E-state index is 0.160. The van der Waals surface area contributed by atoms with E-state index >= 15 is 0 Å². The first-order valence-electron chi connectivity index (χ1n) is 9.11. The number of nitrogens with two attached hydrogens (primary N) is 1. The number of anilines is 1. The summed E-state index contributed by atoms with van der Waals surface area (Å²) in [6.45, 7) is 2.32. The van der Waals surface area contributed by atoms with E-state index in [0.717, 1.165) is 5.56 Å². The number of benzene rings is 1. The molecule has 0 aliphatic carbocycles. The van der Waals surface area contributed by atoms with Gasteiger partial charge in [-0.3, -0.25) is 14.3 Å². The van der Waals surface area contributed by atoms with E-state index < -0.39 is 0 Å². The predicted molar refractivity (Wildman–Crippen MR) is 103 cm³/mol. The van der Waals surface area contributed by atoms with Crippen LogP contribution in [0.1, 0.15) is 26.5 Å². The van der Waals surface area contributed by atoms with Crippen molar-refractivity contribution in [1.82, 2.24) is 19.6 Å². The Morgan fingerprint density at radius 1 is 0.964 bits per heavy atom. The van der Waals surface area contributed by atoms with Gasteiger partial charge in [0.15, 0.2) is 11.6 Å². The lowest BCUT2D eigenvalue weighted by atomic mass is 10.2. The number of aromatic nitrogens is 2. The molecule has 1 aliphatic rings. The van der Waals surface area contributed by atoms with Gasteiger partial charge in [0, 0.05) is 32.4 Å². The van der Waals surface area contributed by atoms with Gasteiger partial charge in [0.05, 0.1) is 12.8 Å². The van der Waals surface area contributed by atoms with Crippen LogP contribution in [0.3, 0.4) is 0 Å². The van der Waals surface area contributed by atoms with E-state index in [1.54, 1.807) is 32.8 Å². The molecule has 1 aromatic carbocycles. The lowest BCUT2D eigenvalue weighted by molar-refractivity contribution is 0.0518. The number of nitrogen functional groups attached to an aromatic ring is 1. The summed E-state index contributed by atoms with van der Waals surface area (Å²) in [5, 5.41) is 4.27. The first-order chi connectivity index (χ1) is 13.6. The zero-order chi connectivity index (χ0) is 19.5. The van der Waals surface area contributed by atoms with Crippen LogP contribution in [-0.4, -0.2) is 57.6 Å². The van der Waals surface area contributed by atoms with Gasteiger partial charge >= 0.3 is 0 Å². The molecule has 4 rings (SSSR count). The minimum atomic E-state index is -0.165. The summed E-state index contributed by atoms with van der Waals surface area (Å²) in [4.78, 5) is 28.6. The topological polar surface area (TPSA) is 97.6 Å². The summed E-state index contributed by atoms with van der Waals surface area (Å²) in [5.41, 5.74) is 7.45. The molecule has 0 spiro atoms. The Balaban J connectivity index is 1.39. The van der Waals surface area contributed by atoms with Gasteiger partial charge in [-0.1, -0.05) is 30.3 Å². The van der Waals surface area contributed by atoms with Crippen molar-refractivity contribution in [2.75, 3.05) is 31.9 Å². The van der Waals surface area contributed by atoms with Gasteiger partial charge in [-0.15, -0.1) is 0 Å².